The van der Waals surface area contributed by atoms with E-state index in [-0.39, 0.29) is 5.91 Å². The molecule has 6 heteroatoms. The SMILES string of the molecule is CN1CCCC(COc2cccc(CN(C(=O)Cn3ccnc3)C3CC3)c2)C1. The molecule has 0 spiro atoms. The van der Waals surface area contributed by atoms with Gasteiger partial charge in [-0.25, -0.2) is 4.98 Å². The summed E-state index contributed by atoms with van der Waals surface area (Å²) in [6, 6.07) is 8.60. The molecule has 2 aromatic rings. The Bertz CT molecular complexity index is 773. The highest BCUT2D eigenvalue weighted by Crippen LogP contribution is 2.29. The van der Waals surface area contributed by atoms with Gasteiger partial charge in [-0.3, -0.25) is 4.79 Å². The summed E-state index contributed by atoms with van der Waals surface area (Å²) >= 11 is 0. The van der Waals surface area contributed by atoms with Crippen LogP contribution in [0.15, 0.2) is 43.0 Å². The number of carbonyl (C=O) groups is 1. The average Bonchev–Trinajstić information content (AvgIpc) is 3.41. The molecule has 1 saturated heterocycles. The Balaban J connectivity index is 1.35. The number of piperidine rings is 1. The van der Waals surface area contributed by atoms with Crippen molar-refractivity contribution in [2.45, 2.75) is 44.8 Å². The minimum absolute atomic E-state index is 0.150. The highest BCUT2D eigenvalue weighted by Gasteiger charge is 2.32. The number of aromatic nitrogens is 2. The third-order valence-corrected chi connectivity index (χ3v) is 5.64. The van der Waals surface area contributed by atoms with Gasteiger partial charge >= 0.3 is 0 Å². The fraction of sp³-hybridized carbons (Fsp3) is 0.545. The lowest BCUT2D eigenvalue weighted by molar-refractivity contribution is -0.133. The van der Waals surface area contributed by atoms with Crippen molar-refractivity contribution in [2.24, 2.45) is 5.92 Å². The van der Waals surface area contributed by atoms with E-state index in [9.17, 15) is 4.79 Å². The minimum Gasteiger partial charge on any atom is -0.493 e. The van der Waals surface area contributed by atoms with Crippen LogP contribution in [0.2, 0.25) is 0 Å². The standard InChI is InChI=1S/C22H30N4O2/c1-24-10-3-5-19(13-24)16-28-21-6-2-4-18(12-21)14-26(20-7-8-20)22(27)15-25-11-9-23-17-25/h2,4,6,9,11-12,17,19-20H,3,5,7-8,10,13-16H2,1H3. The van der Waals surface area contributed by atoms with Gasteiger partial charge in [0.05, 0.1) is 12.9 Å². The van der Waals surface area contributed by atoms with E-state index in [2.05, 4.69) is 29.1 Å². The van der Waals surface area contributed by atoms with Gasteiger partial charge in [-0.05, 0) is 57.0 Å². The van der Waals surface area contributed by atoms with Crippen molar-refractivity contribution < 1.29 is 9.53 Å². The molecule has 1 saturated carbocycles. The van der Waals surface area contributed by atoms with E-state index in [0.717, 1.165) is 37.3 Å². The number of likely N-dealkylation sites (tertiary alicyclic amines) is 1. The lowest BCUT2D eigenvalue weighted by Crippen LogP contribution is -2.35. The Morgan fingerprint density at radius 1 is 1.32 bits per heavy atom. The Morgan fingerprint density at radius 3 is 2.96 bits per heavy atom. The van der Waals surface area contributed by atoms with Crippen molar-refractivity contribution in [2.75, 3.05) is 26.7 Å². The molecule has 2 fully saturated rings. The number of carbonyl (C=O) groups excluding carboxylic acids is 1. The van der Waals surface area contributed by atoms with Crippen molar-refractivity contribution in [3.8, 4) is 5.75 Å². The second kappa shape index (κ2) is 8.78. The van der Waals surface area contributed by atoms with Crippen LogP contribution in [0.3, 0.4) is 0 Å². The van der Waals surface area contributed by atoms with E-state index in [1.54, 1.807) is 12.5 Å². The van der Waals surface area contributed by atoms with Crippen molar-refractivity contribution in [1.29, 1.82) is 0 Å². The van der Waals surface area contributed by atoms with Crippen LogP contribution in [0.1, 0.15) is 31.2 Å². The van der Waals surface area contributed by atoms with E-state index in [1.165, 1.54) is 19.4 Å². The zero-order chi connectivity index (χ0) is 19.3. The number of ether oxygens (including phenoxy) is 1. The minimum atomic E-state index is 0.150. The number of imidazole rings is 1. The summed E-state index contributed by atoms with van der Waals surface area (Å²) < 4.78 is 7.93. The van der Waals surface area contributed by atoms with Gasteiger partial charge in [0, 0.05) is 37.4 Å². The van der Waals surface area contributed by atoms with Gasteiger partial charge in [-0.15, -0.1) is 0 Å². The first kappa shape index (κ1) is 19.0. The van der Waals surface area contributed by atoms with Gasteiger partial charge in [0.25, 0.3) is 0 Å². The highest BCUT2D eigenvalue weighted by molar-refractivity contribution is 5.76. The van der Waals surface area contributed by atoms with Gasteiger partial charge in [-0.2, -0.15) is 0 Å². The van der Waals surface area contributed by atoms with Crippen molar-refractivity contribution >= 4 is 5.91 Å². The second-order valence-corrected chi connectivity index (χ2v) is 8.22. The summed E-state index contributed by atoms with van der Waals surface area (Å²) in [6.45, 7) is 4.05. The topological polar surface area (TPSA) is 50.6 Å². The summed E-state index contributed by atoms with van der Waals surface area (Å²) in [4.78, 5) is 21.2. The van der Waals surface area contributed by atoms with Gasteiger partial charge in [-0.1, -0.05) is 12.1 Å². The summed E-state index contributed by atoms with van der Waals surface area (Å²) in [5, 5.41) is 0. The summed E-state index contributed by atoms with van der Waals surface area (Å²) in [7, 11) is 2.18. The Hall–Kier alpha value is -2.34. The first-order valence-electron chi connectivity index (χ1n) is 10.3. The molecule has 2 aliphatic rings. The molecule has 2 heterocycles. The van der Waals surface area contributed by atoms with E-state index in [0.29, 0.717) is 25.0 Å². The molecule has 1 unspecified atom stereocenters. The maximum Gasteiger partial charge on any atom is 0.243 e. The van der Waals surface area contributed by atoms with Crippen molar-refractivity contribution in [3.05, 3.63) is 48.5 Å². The van der Waals surface area contributed by atoms with Gasteiger partial charge in [0.2, 0.25) is 5.91 Å². The molecule has 28 heavy (non-hydrogen) atoms. The smallest absolute Gasteiger partial charge is 0.243 e. The first-order chi connectivity index (χ1) is 13.7. The molecular weight excluding hydrogens is 352 g/mol. The molecular formula is C22H30N4O2. The predicted octanol–water partition coefficient (Wildman–Crippen LogP) is 2.79. The van der Waals surface area contributed by atoms with Crippen molar-refractivity contribution in [1.82, 2.24) is 19.4 Å². The molecule has 0 bridgehead atoms. The lowest BCUT2D eigenvalue weighted by atomic mass is 9.99. The molecule has 4 rings (SSSR count). The number of amides is 1. The summed E-state index contributed by atoms with van der Waals surface area (Å²) in [5.41, 5.74) is 1.13. The predicted molar refractivity (Wildman–Crippen MR) is 108 cm³/mol. The van der Waals surface area contributed by atoms with E-state index in [1.807, 2.05) is 27.8 Å². The Labute approximate surface area is 167 Å². The average molecular weight is 383 g/mol. The number of benzene rings is 1. The van der Waals surface area contributed by atoms with E-state index < -0.39 is 0 Å². The lowest BCUT2D eigenvalue weighted by Gasteiger charge is -2.29. The zero-order valence-corrected chi connectivity index (χ0v) is 16.7. The molecule has 1 aromatic heterocycles. The molecule has 0 N–H and O–H groups in total. The third kappa shape index (κ3) is 5.13. The van der Waals surface area contributed by atoms with Gasteiger partial charge in [0.1, 0.15) is 12.3 Å². The summed E-state index contributed by atoms with van der Waals surface area (Å²) in [5.74, 6) is 1.66. The maximum atomic E-state index is 12.8. The van der Waals surface area contributed by atoms with Crippen LogP contribution in [-0.2, 0) is 17.9 Å². The zero-order valence-electron chi connectivity index (χ0n) is 16.7. The van der Waals surface area contributed by atoms with Crippen molar-refractivity contribution in [3.63, 3.8) is 0 Å². The van der Waals surface area contributed by atoms with Crippen LogP contribution in [0.4, 0.5) is 0 Å². The van der Waals surface area contributed by atoms with Crippen LogP contribution < -0.4 is 4.74 Å². The van der Waals surface area contributed by atoms with Crippen LogP contribution in [0, 0.1) is 5.92 Å². The number of hydrogen-bond acceptors (Lipinski definition) is 4. The monoisotopic (exact) mass is 382 g/mol. The van der Waals surface area contributed by atoms with Crippen LogP contribution in [0.5, 0.6) is 5.75 Å². The number of rotatable bonds is 8. The van der Waals surface area contributed by atoms with Crippen LogP contribution >= 0.6 is 0 Å². The highest BCUT2D eigenvalue weighted by atomic mass is 16.5. The summed E-state index contributed by atoms with van der Waals surface area (Å²) in [6.07, 6.45) is 9.92. The normalized spacial score (nSPS) is 20.1. The van der Waals surface area contributed by atoms with Crippen LogP contribution in [-0.4, -0.2) is 58.0 Å². The van der Waals surface area contributed by atoms with E-state index in [4.69, 9.17) is 4.74 Å². The van der Waals surface area contributed by atoms with Gasteiger partial charge < -0.3 is 19.1 Å². The van der Waals surface area contributed by atoms with Gasteiger partial charge in [0.15, 0.2) is 0 Å². The number of hydrogen-bond donors (Lipinski definition) is 0. The maximum absolute atomic E-state index is 12.8. The quantitative estimate of drug-likeness (QED) is 0.704. The third-order valence-electron chi connectivity index (χ3n) is 5.64. The first-order valence-corrected chi connectivity index (χ1v) is 10.3. The molecule has 1 amide bonds. The molecule has 1 aromatic carbocycles. The Kier molecular flexibility index (Phi) is 5.95. The molecule has 0 radical (unpaired) electrons. The largest absolute Gasteiger partial charge is 0.493 e. The molecule has 1 aliphatic heterocycles. The second-order valence-electron chi connectivity index (χ2n) is 8.22. The fourth-order valence-electron chi connectivity index (χ4n) is 3.99. The molecule has 150 valence electrons. The van der Waals surface area contributed by atoms with E-state index >= 15 is 0 Å². The fourth-order valence-corrected chi connectivity index (χ4v) is 3.99. The number of nitrogens with zero attached hydrogens (tertiary/aromatic N) is 4. The molecule has 1 atom stereocenters. The molecule has 6 nitrogen and oxygen atoms in total. The van der Waals surface area contributed by atoms with Crippen LogP contribution in [0.25, 0.3) is 0 Å². The molecule has 1 aliphatic carbocycles. The Morgan fingerprint density at radius 2 is 2.21 bits per heavy atom.